The summed E-state index contributed by atoms with van der Waals surface area (Å²) in [4.78, 5) is 35.2. The van der Waals surface area contributed by atoms with Gasteiger partial charge in [-0.2, -0.15) is 5.10 Å². The maximum atomic E-state index is 11.8. The Hall–Kier alpha value is -5.22. The summed E-state index contributed by atoms with van der Waals surface area (Å²) in [5, 5.41) is 8.35. The average Bonchev–Trinajstić information content (AvgIpc) is 3.74. The Morgan fingerprint density at radius 3 is 2.67 bits per heavy atom. The predicted octanol–water partition coefficient (Wildman–Crippen LogP) is 6.47. The van der Waals surface area contributed by atoms with E-state index < -0.39 is 0 Å². The van der Waals surface area contributed by atoms with Crippen molar-refractivity contribution >= 4 is 39.2 Å². The third-order valence-corrected chi connectivity index (χ3v) is 7.72. The van der Waals surface area contributed by atoms with Crippen molar-refractivity contribution in [1.29, 1.82) is 0 Å². The zero-order valence-electron chi connectivity index (χ0n) is 21.3. The average molecular weight is 544 g/mol. The molecule has 6 heterocycles. The summed E-state index contributed by atoms with van der Waals surface area (Å²) in [5.41, 5.74) is 6.38. The second-order valence-electron chi connectivity index (χ2n) is 9.24. The van der Waals surface area contributed by atoms with E-state index in [1.54, 1.807) is 31.7 Å². The summed E-state index contributed by atoms with van der Waals surface area (Å²) in [6.07, 6.45) is 7.00. The number of carbonyl (C=O) groups is 1. The molecular formula is C30H21N7O2S. The van der Waals surface area contributed by atoms with E-state index in [2.05, 4.69) is 30.1 Å². The molecule has 0 fully saturated rings. The normalized spacial score (nSPS) is 11.3. The van der Waals surface area contributed by atoms with Crippen LogP contribution in [0, 0.1) is 0 Å². The van der Waals surface area contributed by atoms with Gasteiger partial charge >= 0.3 is 0 Å². The van der Waals surface area contributed by atoms with Crippen LogP contribution in [0.5, 0.6) is 5.75 Å². The number of pyridine rings is 3. The summed E-state index contributed by atoms with van der Waals surface area (Å²) in [5.74, 6) is 1.30. The van der Waals surface area contributed by atoms with Gasteiger partial charge in [0, 0.05) is 29.7 Å². The first-order valence-electron chi connectivity index (χ1n) is 12.5. The van der Waals surface area contributed by atoms with E-state index in [1.165, 1.54) is 11.3 Å². The molecule has 0 saturated heterocycles. The monoisotopic (exact) mass is 543 g/mol. The van der Waals surface area contributed by atoms with Crippen LogP contribution in [0.15, 0.2) is 85.5 Å². The van der Waals surface area contributed by atoms with Crippen LogP contribution in [0.2, 0.25) is 0 Å². The lowest BCUT2D eigenvalue weighted by Gasteiger charge is -2.08. The van der Waals surface area contributed by atoms with Crippen LogP contribution in [0.3, 0.4) is 0 Å². The number of nitrogens with one attached hydrogen (secondary N) is 2. The molecule has 0 aliphatic heterocycles. The maximum absolute atomic E-state index is 11.8. The van der Waals surface area contributed by atoms with Crippen molar-refractivity contribution in [2.45, 2.75) is 13.5 Å². The van der Waals surface area contributed by atoms with E-state index >= 15 is 0 Å². The molecule has 0 radical (unpaired) electrons. The molecule has 6 aromatic heterocycles. The molecular weight excluding hydrogens is 522 g/mol. The minimum absolute atomic E-state index is 0.0286. The second kappa shape index (κ2) is 9.83. The Morgan fingerprint density at radius 2 is 1.82 bits per heavy atom. The number of H-pyrrole nitrogens is 2. The number of Topliss-reactive ketones (excluding diaryl/α,β-unsaturated/α-hetero) is 1. The number of ketones is 1. The van der Waals surface area contributed by atoms with Crippen molar-refractivity contribution in [3.63, 3.8) is 0 Å². The van der Waals surface area contributed by atoms with Crippen molar-refractivity contribution in [2.24, 2.45) is 0 Å². The Morgan fingerprint density at radius 1 is 0.950 bits per heavy atom. The van der Waals surface area contributed by atoms with Crippen LogP contribution >= 0.6 is 11.3 Å². The van der Waals surface area contributed by atoms with Gasteiger partial charge in [-0.1, -0.05) is 30.3 Å². The van der Waals surface area contributed by atoms with E-state index in [9.17, 15) is 4.79 Å². The molecule has 7 aromatic rings. The van der Waals surface area contributed by atoms with Crippen molar-refractivity contribution in [3.05, 3.63) is 95.9 Å². The molecule has 10 heteroatoms. The third kappa shape index (κ3) is 4.40. The summed E-state index contributed by atoms with van der Waals surface area (Å²) >= 11 is 1.41. The predicted molar refractivity (Wildman–Crippen MR) is 154 cm³/mol. The number of carbonyl (C=O) groups excluding carboxylic acids is 1. The molecule has 0 bridgehead atoms. The summed E-state index contributed by atoms with van der Waals surface area (Å²) in [6, 6.07) is 19.6. The molecule has 0 amide bonds. The van der Waals surface area contributed by atoms with Crippen LogP contribution in [-0.4, -0.2) is 40.9 Å². The Labute approximate surface area is 232 Å². The molecule has 0 unspecified atom stereocenters. The molecule has 0 saturated carbocycles. The van der Waals surface area contributed by atoms with Crippen LogP contribution in [0.1, 0.15) is 22.2 Å². The second-order valence-corrected chi connectivity index (χ2v) is 10.3. The molecule has 7 rings (SSSR count). The number of benzene rings is 1. The highest BCUT2D eigenvalue weighted by molar-refractivity contribution is 7.17. The number of aromatic nitrogens is 7. The van der Waals surface area contributed by atoms with Crippen molar-refractivity contribution < 1.29 is 9.53 Å². The third-order valence-electron chi connectivity index (χ3n) is 6.52. The van der Waals surface area contributed by atoms with Gasteiger partial charge in [0.15, 0.2) is 17.3 Å². The molecule has 9 nitrogen and oxygen atoms in total. The first-order valence-corrected chi connectivity index (χ1v) is 13.4. The smallest absolute Gasteiger partial charge is 0.169 e. The van der Waals surface area contributed by atoms with Gasteiger partial charge in [0.2, 0.25) is 0 Å². The number of hydrogen-bond donors (Lipinski definition) is 2. The van der Waals surface area contributed by atoms with E-state index in [0.29, 0.717) is 39.9 Å². The summed E-state index contributed by atoms with van der Waals surface area (Å²) < 4.78 is 5.98. The minimum Gasteiger partial charge on any atom is -0.487 e. The van der Waals surface area contributed by atoms with Crippen LogP contribution in [0.4, 0.5) is 0 Å². The van der Waals surface area contributed by atoms with Gasteiger partial charge in [0.1, 0.15) is 29.3 Å². The van der Waals surface area contributed by atoms with E-state index in [0.717, 1.165) is 38.2 Å². The zero-order chi connectivity index (χ0) is 27.1. The fraction of sp³-hybridized carbons (Fsp3) is 0.0667. The first-order chi connectivity index (χ1) is 19.6. The number of aromatic amines is 2. The topological polar surface area (TPSA) is 122 Å². The highest BCUT2D eigenvalue weighted by Gasteiger charge is 2.18. The molecule has 0 atom stereocenters. The molecule has 0 aliphatic rings. The van der Waals surface area contributed by atoms with E-state index in [4.69, 9.17) is 9.72 Å². The maximum Gasteiger partial charge on any atom is 0.169 e. The lowest BCUT2D eigenvalue weighted by atomic mass is 10.1. The fourth-order valence-corrected chi connectivity index (χ4v) is 5.42. The molecule has 40 heavy (non-hydrogen) atoms. The highest BCUT2D eigenvalue weighted by Crippen LogP contribution is 2.34. The molecule has 1 aromatic carbocycles. The van der Waals surface area contributed by atoms with E-state index in [-0.39, 0.29) is 5.78 Å². The van der Waals surface area contributed by atoms with Gasteiger partial charge in [0.05, 0.1) is 26.9 Å². The summed E-state index contributed by atoms with van der Waals surface area (Å²) in [6.45, 7) is 2.02. The number of fused-ring (bicyclic) bond motifs is 2. The van der Waals surface area contributed by atoms with Gasteiger partial charge in [-0.3, -0.25) is 19.9 Å². The van der Waals surface area contributed by atoms with Crippen molar-refractivity contribution in [3.8, 4) is 39.0 Å². The standard InChI is InChI=1S/C30H21N7O2S/c1-17(38)24-7-8-25(40-24)28-27-23(9-10-32-28)34-30(35-27)26-22-12-20(14-33-29(22)37-36-26)19-11-21(15-31-13-19)39-16-18-5-3-2-4-6-18/h2-15H,16H2,1H3,(H,34,35)(H,33,36,37). The first kappa shape index (κ1) is 23.9. The number of ether oxygens (including phenoxy) is 1. The number of thiophene rings is 1. The highest BCUT2D eigenvalue weighted by atomic mass is 32.1. The molecule has 2 N–H and O–H groups in total. The van der Waals surface area contributed by atoms with Gasteiger partial charge < -0.3 is 9.72 Å². The van der Waals surface area contributed by atoms with Gasteiger partial charge in [-0.05, 0) is 42.8 Å². The quantitative estimate of drug-likeness (QED) is 0.221. The Balaban J connectivity index is 1.23. The SMILES string of the molecule is CC(=O)c1ccc(-c2nccc3[nH]c(-c4n[nH]c5ncc(-c6cncc(OCc7ccccc7)c6)cc45)nc23)s1. The molecule has 0 aliphatic carbocycles. The van der Waals surface area contributed by atoms with Crippen molar-refractivity contribution in [2.75, 3.05) is 0 Å². The van der Waals surface area contributed by atoms with Crippen molar-refractivity contribution in [1.82, 2.24) is 35.1 Å². The molecule has 0 spiro atoms. The van der Waals surface area contributed by atoms with Gasteiger partial charge in [0.25, 0.3) is 0 Å². The Kier molecular flexibility index (Phi) is 5.86. The fourth-order valence-electron chi connectivity index (χ4n) is 4.52. The lowest BCUT2D eigenvalue weighted by Crippen LogP contribution is -1.96. The van der Waals surface area contributed by atoms with E-state index in [1.807, 2.05) is 60.7 Å². The minimum atomic E-state index is 0.0286. The number of imidazole rings is 1. The number of nitrogens with zero attached hydrogens (tertiary/aromatic N) is 5. The van der Waals surface area contributed by atoms with Crippen LogP contribution in [-0.2, 0) is 6.61 Å². The number of rotatable bonds is 7. The van der Waals surface area contributed by atoms with Crippen LogP contribution < -0.4 is 4.74 Å². The lowest BCUT2D eigenvalue weighted by molar-refractivity contribution is 0.102. The van der Waals surface area contributed by atoms with Crippen LogP contribution in [0.25, 0.3) is 55.3 Å². The largest absolute Gasteiger partial charge is 0.487 e. The zero-order valence-corrected chi connectivity index (χ0v) is 22.1. The Bertz CT molecular complexity index is 2010. The van der Waals surface area contributed by atoms with Gasteiger partial charge in [-0.25, -0.2) is 9.97 Å². The van der Waals surface area contributed by atoms with Gasteiger partial charge in [-0.15, -0.1) is 11.3 Å². The molecule has 194 valence electrons. The summed E-state index contributed by atoms with van der Waals surface area (Å²) in [7, 11) is 0. The number of hydrogen-bond acceptors (Lipinski definition) is 8.